The predicted octanol–water partition coefficient (Wildman–Crippen LogP) is 3.86. The van der Waals surface area contributed by atoms with Crippen LogP contribution in [0, 0.1) is 0 Å². The van der Waals surface area contributed by atoms with Crippen LogP contribution in [0.25, 0.3) is 0 Å². The standard InChI is InChI=1S/C21H26N2O4/c1-15(2)27-20-11-6-5-10-19(20)23(16(3)24)13-12-21(25)22-17-8-7-9-18(14-17)26-4/h5-11,14-15H,12-13H2,1-4H3,(H,22,25). The maximum absolute atomic E-state index is 12.3. The lowest BCUT2D eigenvalue weighted by Gasteiger charge is -2.24. The number of methoxy groups -OCH3 is 1. The molecule has 6 heteroatoms. The molecule has 0 heterocycles. The second-order valence-corrected chi connectivity index (χ2v) is 6.34. The third kappa shape index (κ3) is 6.02. The highest BCUT2D eigenvalue weighted by molar-refractivity contribution is 5.95. The van der Waals surface area contributed by atoms with Crippen molar-refractivity contribution in [1.29, 1.82) is 0 Å². The molecule has 1 N–H and O–H groups in total. The maximum atomic E-state index is 12.3. The molecule has 2 aromatic carbocycles. The van der Waals surface area contributed by atoms with E-state index in [1.165, 1.54) is 6.92 Å². The zero-order chi connectivity index (χ0) is 19.8. The van der Waals surface area contributed by atoms with Crippen molar-refractivity contribution in [3.05, 3.63) is 48.5 Å². The molecule has 2 aromatic rings. The number of anilines is 2. The van der Waals surface area contributed by atoms with Gasteiger partial charge in [0.2, 0.25) is 11.8 Å². The first-order valence-electron chi connectivity index (χ1n) is 8.88. The summed E-state index contributed by atoms with van der Waals surface area (Å²) in [6.07, 6.45) is 0.142. The first-order valence-corrected chi connectivity index (χ1v) is 8.88. The van der Waals surface area contributed by atoms with Crippen LogP contribution >= 0.6 is 0 Å². The molecule has 0 saturated heterocycles. The van der Waals surface area contributed by atoms with E-state index < -0.39 is 0 Å². The van der Waals surface area contributed by atoms with Crippen LogP contribution in [0.3, 0.4) is 0 Å². The highest BCUT2D eigenvalue weighted by atomic mass is 16.5. The predicted molar refractivity (Wildman–Crippen MR) is 106 cm³/mol. The molecule has 0 saturated carbocycles. The van der Waals surface area contributed by atoms with Crippen LogP contribution in [-0.2, 0) is 9.59 Å². The van der Waals surface area contributed by atoms with Crippen molar-refractivity contribution in [2.24, 2.45) is 0 Å². The third-order valence-electron chi connectivity index (χ3n) is 3.81. The summed E-state index contributed by atoms with van der Waals surface area (Å²) in [4.78, 5) is 26.0. The molecule has 0 spiro atoms. The Balaban J connectivity index is 2.06. The van der Waals surface area contributed by atoms with E-state index in [4.69, 9.17) is 9.47 Å². The molecule has 0 aromatic heterocycles. The molecular formula is C21H26N2O4. The maximum Gasteiger partial charge on any atom is 0.226 e. The van der Waals surface area contributed by atoms with Gasteiger partial charge in [0.25, 0.3) is 0 Å². The first-order chi connectivity index (χ1) is 12.9. The molecule has 2 amide bonds. The van der Waals surface area contributed by atoms with Gasteiger partial charge in [-0.1, -0.05) is 18.2 Å². The highest BCUT2D eigenvalue weighted by Crippen LogP contribution is 2.29. The minimum atomic E-state index is -0.184. The SMILES string of the molecule is COc1cccc(NC(=O)CCN(C(C)=O)c2ccccc2OC(C)C)c1. The van der Waals surface area contributed by atoms with Crippen LogP contribution in [-0.4, -0.2) is 31.6 Å². The average molecular weight is 370 g/mol. The summed E-state index contributed by atoms with van der Waals surface area (Å²) in [6, 6.07) is 14.5. The normalized spacial score (nSPS) is 10.4. The molecule has 0 bridgehead atoms. The number of benzene rings is 2. The van der Waals surface area contributed by atoms with Crippen molar-refractivity contribution in [2.45, 2.75) is 33.3 Å². The number of hydrogen-bond acceptors (Lipinski definition) is 4. The van der Waals surface area contributed by atoms with Crippen molar-refractivity contribution < 1.29 is 19.1 Å². The lowest BCUT2D eigenvalue weighted by molar-refractivity contribution is -0.117. The molecule has 0 atom stereocenters. The fraction of sp³-hybridized carbons (Fsp3) is 0.333. The van der Waals surface area contributed by atoms with Gasteiger partial charge in [0.05, 0.1) is 18.9 Å². The molecule has 144 valence electrons. The van der Waals surface area contributed by atoms with Gasteiger partial charge in [-0.15, -0.1) is 0 Å². The van der Waals surface area contributed by atoms with Gasteiger partial charge in [-0.2, -0.15) is 0 Å². The quantitative estimate of drug-likeness (QED) is 0.766. The summed E-state index contributed by atoms with van der Waals surface area (Å²) >= 11 is 0. The number of ether oxygens (including phenoxy) is 2. The number of nitrogens with zero attached hydrogens (tertiary/aromatic N) is 1. The zero-order valence-corrected chi connectivity index (χ0v) is 16.2. The van der Waals surface area contributed by atoms with Crippen LogP contribution in [0.2, 0.25) is 0 Å². The van der Waals surface area contributed by atoms with Gasteiger partial charge >= 0.3 is 0 Å². The Kier molecular flexibility index (Phi) is 7.23. The number of nitrogens with one attached hydrogen (secondary N) is 1. The van der Waals surface area contributed by atoms with E-state index in [1.54, 1.807) is 36.3 Å². The van der Waals surface area contributed by atoms with Crippen molar-refractivity contribution in [3.8, 4) is 11.5 Å². The van der Waals surface area contributed by atoms with E-state index in [0.717, 1.165) is 0 Å². The summed E-state index contributed by atoms with van der Waals surface area (Å²) in [5.74, 6) is 0.953. The molecule has 2 rings (SSSR count). The molecule has 0 aliphatic carbocycles. The number of carbonyl (C=O) groups excluding carboxylic acids is 2. The number of para-hydroxylation sites is 2. The Morgan fingerprint density at radius 3 is 2.52 bits per heavy atom. The van der Waals surface area contributed by atoms with Crippen LogP contribution < -0.4 is 19.7 Å². The van der Waals surface area contributed by atoms with E-state index in [-0.39, 0.29) is 30.9 Å². The van der Waals surface area contributed by atoms with Gasteiger partial charge in [-0.3, -0.25) is 9.59 Å². The van der Waals surface area contributed by atoms with Gasteiger partial charge in [0.1, 0.15) is 11.5 Å². The van der Waals surface area contributed by atoms with E-state index >= 15 is 0 Å². The van der Waals surface area contributed by atoms with Crippen LogP contribution in [0.1, 0.15) is 27.2 Å². The second kappa shape index (κ2) is 9.62. The van der Waals surface area contributed by atoms with Crippen LogP contribution in [0.4, 0.5) is 11.4 Å². The Bertz CT molecular complexity index is 789. The van der Waals surface area contributed by atoms with Crippen molar-refractivity contribution in [3.63, 3.8) is 0 Å². The fourth-order valence-electron chi connectivity index (χ4n) is 2.62. The summed E-state index contributed by atoms with van der Waals surface area (Å²) < 4.78 is 10.9. The first kappa shape index (κ1) is 20.3. The van der Waals surface area contributed by atoms with E-state index in [9.17, 15) is 9.59 Å². The van der Waals surface area contributed by atoms with Gasteiger partial charge < -0.3 is 19.7 Å². The Morgan fingerprint density at radius 2 is 1.85 bits per heavy atom. The second-order valence-electron chi connectivity index (χ2n) is 6.34. The van der Waals surface area contributed by atoms with Crippen LogP contribution in [0.15, 0.2) is 48.5 Å². The van der Waals surface area contributed by atoms with Crippen LogP contribution in [0.5, 0.6) is 11.5 Å². The Hall–Kier alpha value is -3.02. The average Bonchev–Trinajstić information content (AvgIpc) is 2.62. The zero-order valence-electron chi connectivity index (χ0n) is 16.2. The largest absolute Gasteiger partial charge is 0.497 e. The lowest BCUT2D eigenvalue weighted by atomic mass is 10.2. The highest BCUT2D eigenvalue weighted by Gasteiger charge is 2.18. The van der Waals surface area contributed by atoms with Gasteiger partial charge in [0, 0.05) is 31.6 Å². The fourth-order valence-corrected chi connectivity index (χ4v) is 2.62. The minimum absolute atomic E-state index is 0.0173. The molecule has 27 heavy (non-hydrogen) atoms. The summed E-state index contributed by atoms with van der Waals surface area (Å²) in [7, 11) is 1.57. The third-order valence-corrected chi connectivity index (χ3v) is 3.81. The minimum Gasteiger partial charge on any atom is -0.497 e. The molecule has 0 radical (unpaired) electrons. The number of hydrogen-bond donors (Lipinski definition) is 1. The van der Waals surface area contributed by atoms with E-state index in [0.29, 0.717) is 22.9 Å². The van der Waals surface area contributed by atoms with Crippen molar-refractivity contribution in [2.75, 3.05) is 23.9 Å². The van der Waals surface area contributed by atoms with Gasteiger partial charge in [0.15, 0.2) is 0 Å². The van der Waals surface area contributed by atoms with Gasteiger partial charge in [-0.25, -0.2) is 0 Å². The molecular weight excluding hydrogens is 344 g/mol. The lowest BCUT2D eigenvalue weighted by Crippen LogP contribution is -2.32. The molecule has 0 aliphatic rings. The van der Waals surface area contributed by atoms with Crippen molar-refractivity contribution >= 4 is 23.2 Å². The number of amides is 2. The summed E-state index contributed by atoms with van der Waals surface area (Å²) in [6.45, 7) is 5.59. The van der Waals surface area contributed by atoms with E-state index in [2.05, 4.69) is 5.32 Å². The molecule has 0 aliphatic heterocycles. The molecule has 0 fully saturated rings. The number of rotatable bonds is 8. The monoisotopic (exact) mass is 370 g/mol. The van der Waals surface area contributed by atoms with Gasteiger partial charge in [-0.05, 0) is 38.1 Å². The Morgan fingerprint density at radius 1 is 1.11 bits per heavy atom. The van der Waals surface area contributed by atoms with E-state index in [1.807, 2.05) is 38.1 Å². The molecule has 0 unspecified atom stereocenters. The number of carbonyl (C=O) groups is 2. The van der Waals surface area contributed by atoms with Crippen molar-refractivity contribution in [1.82, 2.24) is 0 Å². The summed E-state index contributed by atoms with van der Waals surface area (Å²) in [5, 5.41) is 2.82. The topological polar surface area (TPSA) is 67.9 Å². The Labute approximate surface area is 160 Å². The summed E-state index contributed by atoms with van der Waals surface area (Å²) in [5.41, 5.74) is 1.31. The molecule has 6 nitrogen and oxygen atoms in total. The smallest absolute Gasteiger partial charge is 0.226 e.